The summed E-state index contributed by atoms with van der Waals surface area (Å²) in [6.07, 6.45) is 1.45. The van der Waals surface area contributed by atoms with Crippen molar-refractivity contribution in [1.29, 1.82) is 5.26 Å². The molecule has 0 aliphatic rings. The van der Waals surface area contributed by atoms with Crippen molar-refractivity contribution in [2.75, 3.05) is 5.32 Å². The number of para-hydroxylation sites is 1. The summed E-state index contributed by atoms with van der Waals surface area (Å²) in [6.45, 7) is 1.89. The topological polar surface area (TPSA) is 138 Å². The molecule has 27 heavy (non-hydrogen) atoms. The van der Waals surface area contributed by atoms with Gasteiger partial charge in [0.05, 0.1) is 5.69 Å². The molecule has 0 saturated heterocycles. The summed E-state index contributed by atoms with van der Waals surface area (Å²) in [7, 11) is 0. The normalized spacial score (nSPS) is 11.5. The van der Waals surface area contributed by atoms with Crippen molar-refractivity contribution < 1.29 is 0 Å². The van der Waals surface area contributed by atoms with Gasteiger partial charge in [0.1, 0.15) is 11.6 Å². The zero-order chi connectivity index (χ0) is 18.8. The van der Waals surface area contributed by atoms with Crippen molar-refractivity contribution in [1.82, 2.24) is 35.2 Å². The molecule has 0 atom stereocenters. The molecule has 2 N–H and O–H groups in total. The largest absolute Gasteiger partial charge is 0.360 e. The van der Waals surface area contributed by atoms with E-state index in [-0.39, 0.29) is 17.1 Å². The third-order valence-corrected chi connectivity index (χ3v) is 4.64. The van der Waals surface area contributed by atoms with Crippen molar-refractivity contribution in [3.63, 3.8) is 0 Å². The average molecular weight is 377 g/mol. The zero-order valence-corrected chi connectivity index (χ0v) is 14.7. The van der Waals surface area contributed by atoms with Crippen LogP contribution in [0.25, 0.3) is 21.8 Å². The number of aromatic amines is 1. The van der Waals surface area contributed by atoms with Crippen LogP contribution in [0.2, 0.25) is 0 Å². The van der Waals surface area contributed by atoms with Crippen LogP contribution in [0.1, 0.15) is 11.5 Å². The molecule has 0 unspecified atom stereocenters. The highest BCUT2D eigenvalue weighted by atomic mass is 32.1. The highest BCUT2D eigenvalue weighted by molar-refractivity contribution is 7.15. The molecule has 132 valence electrons. The lowest BCUT2D eigenvalue weighted by Crippen LogP contribution is -2.15. The van der Waals surface area contributed by atoms with E-state index in [9.17, 15) is 10.1 Å². The third-order valence-electron chi connectivity index (χ3n) is 3.71. The number of aryl methyl sites for hydroxylation is 1. The molecule has 0 saturated carbocycles. The number of nitrogens with zero attached hydrogens (tertiary/aromatic N) is 7. The van der Waals surface area contributed by atoms with Gasteiger partial charge in [0.2, 0.25) is 10.8 Å². The monoisotopic (exact) mass is 377 g/mol. The van der Waals surface area contributed by atoms with Crippen molar-refractivity contribution in [3.8, 4) is 17.3 Å². The van der Waals surface area contributed by atoms with Crippen LogP contribution < -0.4 is 10.9 Å². The Hall–Kier alpha value is -3.91. The molecule has 0 aliphatic heterocycles. The zero-order valence-electron chi connectivity index (χ0n) is 13.9. The smallest absolute Gasteiger partial charge is 0.300 e. The first-order valence-corrected chi connectivity index (χ1v) is 8.60. The number of aromatic nitrogens is 7. The van der Waals surface area contributed by atoms with Gasteiger partial charge in [-0.2, -0.15) is 20.6 Å². The van der Waals surface area contributed by atoms with Gasteiger partial charge in [-0.25, -0.2) is 4.52 Å². The number of nitrogens with one attached hydrogen (secondary N) is 2. The number of benzene rings is 1. The fourth-order valence-corrected chi connectivity index (χ4v) is 3.22. The standard InChI is InChI=1S/C16H11N9OS/c1-9-8-27-16-19-15(26)13(22-25(9)16)11-4-2-3-5-12(11)18-7-10(6-17)14-20-23-24-21-14/h2-5,7-8,18H,1H3,(H,20,21,23,24). The number of hydrogen-bond donors (Lipinski definition) is 2. The SMILES string of the molecule is Cc1csc2nc(=O)c(-c3ccccc3NC=C(C#N)c3nn[nH]n3)nn12. The summed E-state index contributed by atoms with van der Waals surface area (Å²) in [5.74, 6) is 0.164. The molecular weight excluding hydrogens is 366 g/mol. The number of H-pyrrole nitrogens is 1. The van der Waals surface area contributed by atoms with E-state index < -0.39 is 5.56 Å². The quantitative estimate of drug-likeness (QED) is 0.512. The molecule has 0 aliphatic carbocycles. The Kier molecular flexibility index (Phi) is 4.15. The maximum absolute atomic E-state index is 12.5. The van der Waals surface area contributed by atoms with Crippen LogP contribution >= 0.6 is 11.3 Å². The first kappa shape index (κ1) is 16.6. The summed E-state index contributed by atoms with van der Waals surface area (Å²) in [5.41, 5.74) is 2.02. The van der Waals surface area contributed by atoms with E-state index >= 15 is 0 Å². The first-order chi connectivity index (χ1) is 13.2. The highest BCUT2D eigenvalue weighted by Gasteiger charge is 2.14. The van der Waals surface area contributed by atoms with Crippen molar-refractivity contribution in [3.05, 3.63) is 57.7 Å². The van der Waals surface area contributed by atoms with Gasteiger partial charge >= 0.3 is 5.56 Å². The van der Waals surface area contributed by atoms with Crippen LogP contribution in [-0.2, 0) is 0 Å². The number of fused-ring (bicyclic) bond motifs is 1. The molecular formula is C16H11N9OS. The van der Waals surface area contributed by atoms with Gasteiger partial charge in [0.25, 0.3) is 0 Å². The first-order valence-electron chi connectivity index (χ1n) is 7.72. The molecule has 3 aromatic heterocycles. The molecule has 0 radical (unpaired) electrons. The van der Waals surface area contributed by atoms with E-state index in [1.807, 2.05) is 18.4 Å². The highest BCUT2D eigenvalue weighted by Crippen LogP contribution is 2.25. The van der Waals surface area contributed by atoms with E-state index in [1.165, 1.54) is 17.5 Å². The maximum atomic E-state index is 12.5. The fourth-order valence-electron chi connectivity index (χ4n) is 2.42. The molecule has 0 spiro atoms. The van der Waals surface area contributed by atoms with E-state index in [2.05, 4.69) is 36.0 Å². The minimum atomic E-state index is -0.422. The Morgan fingerprint density at radius 2 is 2.26 bits per heavy atom. The van der Waals surface area contributed by atoms with Gasteiger partial charge < -0.3 is 5.32 Å². The molecule has 4 aromatic rings. The Morgan fingerprint density at radius 1 is 1.41 bits per heavy atom. The predicted octanol–water partition coefficient (Wildman–Crippen LogP) is 1.62. The predicted molar refractivity (Wildman–Crippen MR) is 98.7 cm³/mol. The van der Waals surface area contributed by atoms with Gasteiger partial charge in [0, 0.05) is 22.8 Å². The van der Waals surface area contributed by atoms with Gasteiger partial charge in [0.15, 0.2) is 5.69 Å². The van der Waals surface area contributed by atoms with E-state index in [4.69, 9.17) is 0 Å². The van der Waals surface area contributed by atoms with Crippen molar-refractivity contribution in [2.24, 2.45) is 0 Å². The Bertz CT molecular complexity index is 1250. The molecule has 1 aromatic carbocycles. The van der Waals surface area contributed by atoms with Gasteiger partial charge in [-0.3, -0.25) is 4.79 Å². The van der Waals surface area contributed by atoms with Crippen LogP contribution in [0.4, 0.5) is 5.69 Å². The number of rotatable bonds is 4. The molecule has 10 nitrogen and oxygen atoms in total. The van der Waals surface area contributed by atoms with Crippen LogP contribution in [0, 0.1) is 18.3 Å². The second kappa shape index (κ2) is 6.77. The molecule has 0 amide bonds. The average Bonchev–Trinajstić information content (AvgIpc) is 3.33. The Morgan fingerprint density at radius 3 is 3.04 bits per heavy atom. The summed E-state index contributed by atoms with van der Waals surface area (Å²) in [4.78, 5) is 17.1. The van der Waals surface area contributed by atoms with Gasteiger partial charge in [-0.15, -0.1) is 21.5 Å². The molecule has 0 bridgehead atoms. The van der Waals surface area contributed by atoms with Crippen LogP contribution in [-0.4, -0.2) is 35.2 Å². The van der Waals surface area contributed by atoms with Crippen LogP contribution in [0.5, 0.6) is 0 Å². The Labute approximate surface area is 155 Å². The number of tetrazole rings is 1. The number of anilines is 1. The van der Waals surface area contributed by atoms with Crippen molar-refractivity contribution >= 4 is 27.6 Å². The lowest BCUT2D eigenvalue weighted by atomic mass is 10.1. The maximum Gasteiger partial charge on any atom is 0.300 e. The minimum Gasteiger partial charge on any atom is -0.360 e. The second-order valence-electron chi connectivity index (χ2n) is 5.43. The summed E-state index contributed by atoms with van der Waals surface area (Å²) < 4.78 is 1.63. The van der Waals surface area contributed by atoms with E-state index in [1.54, 1.807) is 28.8 Å². The molecule has 3 heterocycles. The van der Waals surface area contributed by atoms with E-state index in [0.717, 1.165) is 5.69 Å². The molecule has 0 fully saturated rings. The summed E-state index contributed by atoms with van der Waals surface area (Å²) in [5, 5.41) is 31.9. The van der Waals surface area contributed by atoms with E-state index in [0.29, 0.717) is 16.2 Å². The lowest BCUT2D eigenvalue weighted by molar-refractivity contribution is 0.874. The Balaban J connectivity index is 1.78. The molecule has 4 rings (SSSR count). The number of allylic oxidation sites excluding steroid dienone is 1. The second-order valence-corrected chi connectivity index (χ2v) is 6.27. The lowest BCUT2D eigenvalue weighted by Gasteiger charge is -2.08. The van der Waals surface area contributed by atoms with Gasteiger partial charge in [-0.1, -0.05) is 18.2 Å². The number of nitriles is 1. The molecule has 11 heteroatoms. The van der Waals surface area contributed by atoms with Crippen molar-refractivity contribution in [2.45, 2.75) is 6.92 Å². The van der Waals surface area contributed by atoms with Gasteiger partial charge in [-0.05, 0) is 18.2 Å². The van der Waals surface area contributed by atoms with Crippen LogP contribution in [0.15, 0.2) is 40.6 Å². The number of thiazole rings is 1. The summed E-state index contributed by atoms with van der Waals surface area (Å²) >= 11 is 1.36. The fraction of sp³-hybridized carbons (Fsp3) is 0.0625. The third kappa shape index (κ3) is 3.05. The van der Waals surface area contributed by atoms with Crippen LogP contribution in [0.3, 0.4) is 0 Å². The minimum absolute atomic E-state index is 0.164. The number of hydrogen-bond acceptors (Lipinski definition) is 9. The summed E-state index contributed by atoms with van der Waals surface area (Å²) in [6, 6.07) is 9.13.